The van der Waals surface area contributed by atoms with Gasteiger partial charge in [0.15, 0.2) is 17.1 Å². The van der Waals surface area contributed by atoms with Crippen molar-refractivity contribution in [1.82, 2.24) is 9.88 Å². The predicted octanol–water partition coefficient (Wildman–Crippen LogP) is 2.74. The van der Waals surface area contributed by atoms with Gasteiger partial charge >= 0.3 is 0 Å². The highest BCUT2D eigenvalue weighted by atomic mass is 16.5. The van der Waals surface area contributed by atoms with Gasteiger partial charge in [-0.15, -0.1) is 0 Å². The molecule has 0 saturated carbocycles. The van der Waals surface area contributed by atoms with Crippen LogP contribution in [0.25, 0.3) is 11.0 Å². The number of aromatic nitrogens is 1. The van der Waals surface area contributed by atoms with E-state index < -0.39 is 0 Å². The van der Waals surface area contributed by atoms with Crippen LogP contribution in [0.1, 0.15) is 10.6 Å². The second-order valence-corrected chi connectivity index (χ2v) is 5.61. The van der Waals surface area contributed by atoms with Crippen LogP contribution in [0.15, 0.2) is 53.1 Å². The summed E-state index contributed by atoms with van der Waals surface area (Å²) in [5.74, 6) is 1.36. The normalized spacial score (nSPS) is 14.5. The second-order valence-electron chi connectivity index (χ2n) is 5.61. The number of rotatable bonds is 4. The number of hydrogen-bond acceptors (Lipinski definition) is 5. The van der Waals surface area contributed by atoms with Gasteiger partial charge in [0.1, 0.15) is 6.10 Å². The minimum Gasteiger partial charge on any atom is -0.493 e. The van der Waals surface area contributed by atoms with Gasteiger partial charge in [0.25, 0.3) is 5.91 Å². The smallest absolute Gasteiger partial charge is 0.289 e. The molecule has 0 radical (unpaired) electrons. The lowest BCUT2D eigenvalue weighted by atomic mass is 10.1. The van der Waals surface area contributed by atoms with Crippen LogP contribution in [0, 0.1) is 0 Å². The van der Waals surface area contributed by atoms with Crippen LogP contribution in [0.4, 0.5) is 0 Å². The van der Waals surface area contributed by atoms with Crippen LogP contribution in [0.2, 0.25) is 0 Å². The Kier molecular flexibility index (Phi) is 3.57. The number of amides is 1. The monoisotopic (exact) mass is 324 g/mol. The van der Waals surface area contributed by atoms with E-state index in [2.05, 4.69) is 4.98 Å². The Morgan fingerprint density at radius 1 is 1.25 bits per heavy atom. The van der Waals surface area contributed by atoms with Crippen LogP contribution in [0.5, 0.6) is 11.6 Å². The van der Waals surface area contributed by atoms with Crippen molar-refractivity contribution in [2.24, 2.45) is 0 Å². The van der Waals surface area contributed by atoms with Crippen LogP contribution >= 0.6 is 0 Å². The molecule has 1 fully saturated rings. The SMILES string of the molecule is COc1cccc2cc(C(=O)N3CC(Oc4ccccn4)C3)oc12. The van der Waals surface area contributed by atoms with Crippen LogP contribution in [-0.2, 0) is 0 Å². The lowest BCUT2D eigenvalue weighted by molar-refractivity contribution is 0.0139. The van der Waals surface area contributed by atoms with Crippen LogP contribution in [-0.4, -0.2) is 42.1 Å². The summed E-state index contributed by atoms with van der Waals surface area (Å²) in [4.78, 5) is 18.3. The Hall–Kier alpha value is -3.02. The van der Waals surface area contributed by atoms with Gasteiger partial charge in [0, 0.05) is 17.6 Å². The Morgan fingerprint density at radius 2 is 2.12 bits per heavy atom. The summed E-state index contributed by atoms with van der Waals surface area (Å²) in [5.41, 5.74) is 0.588. The van der Waals surface area contributed by atoms with Gasteiger partial charge in [0.05, 0.1) is 20.2 Å². The average molecular weight is 324 g/mol. The van der Waals surface area contributed by atoms with Gasteiger partial charge in [0.2, 0.25) is 5.88 Å². The minimum atomic E-state index is -0.144. The first-order valence-corrected chi connectivity index (χ1v) is 7.68. The topological polar surface area (TPSA) is 64.8 Å². The summed E-state index contributed by atoms with van der Waals surface area (Å²) in [6.07, 6.45) is 1.64. The van der Waals surface area contributed by atoms with E-state index in [0.717, 1.165) is 5.39 Å². The fourth-order valence-electron chi connectivity index (χ4n) is 2.72. The third kappa shape index (κ3) is 2.56. The summed E-state index contributed by atoms with van der Waals surface area (Å²) >= 11 is 0. The molecule has 1 amide bonds. The lowest BCUT2D eigenvalue weighted by Gasteiger charge is -2.38. The lowest BCUT2D eigenvalue weighted by Crippen LogP contribution is -2.56. The Bertz CT molecular complexity index is 869. The van der Waals surface area contributed by atoms with Crippen molar-refractivity contribution in [3.63, 3.8) is 0 Å². The number of fused-ring (bicyclic) bond motifs is 1. The third-order valence-electron chi connectivity index (χ3n) is 4.00. The first-order valence-electron chi connectivity index (χ1n) is 7.68. The molecule has 1 aliphatic heterocycles. The van der Waals surface area contributed by atoms with Crippen LogP contribution < -0.4 is 9.47 Å². The largest absolute Gasteiger partial charge is 0.493 e. The maximum atomic E-state index is 12.5. The number of para-hydroxylation sites is 1. The van der Waals surface area contributed by atoms with Gasteiger partial charge in [-0.05, 0) is 18.2 Å². The molecule has 0 bridgehead atoms. The Morgan fingerprint density at radius 3 is 2.88 bits per heavy atom. The number of hydrogen-bond donors (Lipinski definition) is 0. The molecule has 122 valence electrons. The Balaban J connectivity index is 1.44. The van der Waals surface area contributed by atoms with Crippen molar-refractivity contribution in [2.75, 3.05) is 20.2 Å². The van der Waals surface area contributed by atoms with E-state index in [0.29, 0.717) is 36.1 Å². The summed E-state index contributed by atoms with van der Waals surface area (Å²) in [5, 5.41) is 0.847. The number of furan rings is 1. The second kappa shape index (κ2) is 5.88. The highest BCUT2D eigenvalue weighted by Gasteiger charge is 2.34. The number of benzene rings is 1. The van der Waals surface area contributed by atoms with Crippen molar-refractivity contribution in [2.45, 2.75) is 6.10 Å². The molecule has 2 aromatic heterocycles. The molecule has 6 heteroatoms. The molecule has 3 aromatic rings. The van der Waals surface area contributed by atoms with E-state index in [1.807, 2.05) is 24.3 Å². The molecule has 24 heavy (non-hydrogen) atoms. The first kappa shape index (κ1) is 14.6. The minimum absolute atomic E-state index is 0.0391. The molecule has 0 N–H and O–H groups in total. The molecule has 0 atom stereocenters. The maximum absolute atomic E-state index is 12.5. The fourth-order valence-corrected chi connectivity index (χ4v) is 2.72. The van der Waals surface area contributed by atoms with E-state index in [-0.39, 0.29) is 12.0 Å². The van der Waals surface area contributed by atoms with E-state index in [9.17, 15) is 4.79 Å². The quantitative estimate of drug-likeness (QED) is 0.738. The summed E-state index contributed by atoms with van der Waals surface area (Å²) in [7, 11) is 1.58. The molecule has 1 aromatic carbocycles. The van der Waals surface area contributed by atoms with Crippen molar-refractivity contribution >= 4 is 16.9 Å². The highest BCUT2D eigenvalue weighted by Crippen LogP contribution is 2.29. The van der Waals surface area contributed by atoms with Gasteiger partial charge in [-0.2, -0.15) is 0 Å². The van der Waals surface area contributed by atoms with Gasteiger partial charge in [-0.3, -0.25) is 4.79 Å². The number of carbonyl (C=O) groups is 1. The maximum Gasteiger partial charge on any atom is 0.289 e. The zero-order chi connectivity index (χ0) is 16.5. The number of likely N-dealkylation sites (tertiary alicyclic amines) is 1. The number of carbonyl (C=O) groups excluding carboxylic acids is 1. The van der Waals surface area contributed by atoms with E-state index in [1.165, 1.54) is 0 Å². The molecule has 0 unspecified atom stereocenters. The zero-order valence-electron chi connectivity index (χ0n) is 13.1. The summed E-state index contributed by atoms with van der Waals surface area (Å²) in [6, 6.07) is 12.8. The van der Waals surface area contributed by atoms with Crippen LogP contribution in [0.3, 0.4) is 0 Å². The van der Waals surface area contributed by atoms with Gasteiger partial charge in [-0.1, -0.05) is 18.2 Å². The van der Waals surface area contributed by atoms with Crippen molar-refractivity contribution in [1.29, 1.82) is 0 Å². The molecular formula is C18H16N2O4. The number of pyridine rings is 1. The Labute approximate surface area is 138 Å². The van der Waals surface area contributed by atoms with E-state index in [1.54, 1.807) is 36.4 Å². The van der Waals surface area contributed by atoms with Crippen molar-refractivity contribution in [3.05, 3.63) is 54.4 Å². The van der Waals surface area contributed by atoms with Crippen molar-refractivity contribution in [3.8, 4) is 11.6 Å². The van der Waals surface area contributed by atoms with Crippen molar-refractivity contribution < 1.29 is 18.7 Å². The number of ether oxygens (including phenoxy) is 2. The molecular weight excluding hydrogens is 308 g/mol. The average Bonchev–Trinajstić information content (AvgIpc) is 3.02. The molecule has 6 nitrogen and oxygen atoms in total. The standard InChI is InChI=1S/C18H16N2O4/c1-22-14-6-4-5-12-9-15(24-17(12)14)18(21)20-10-13(11-20)23-16-7-2-3-8-19-16/h2-9,13H,10-11H2,1H3. The predicted molar refractivity (Wildman–Crippen MR) is 87.3 cm³/mol. The first-order chi connectivity index (χ1) is 11.7. The number of methoxy groups -OCH3 is 1. The zero-order valence-corrected chi connectivity index (χ0v) is 13.1. The van der Waals surface area contributed by atoms with E-state index in [4.69, 9.17) is 13.9 Å². The van der Waals surface area contributed by atoms with E-state index >= 15 is 0 Å². The number of nitrogens with zero attached hydrogens (tertiary/aromatic N) is 2. The molecule has 4 rings (SSSR count). The summed E-state index contributed by atoms with van der Waals surface area (Å²) < 4.78 is 16.7. The highest BCUT2D eigenvalue weighted by molar-refractivity contribution is 5.97. The summed E-state index contributed by atoms with van der Waals surface area (Å²) in [6.45, 7) is 1.03. The molecule has 0 spiro atoms. The molecule has 3 heterocycles. The molecule has 1 saturated heterocycles. The van der Waals surface area contributed by atoms with Gasteiger partial charge in [-0.25, -0.2) is 4.98 Å². The fraction of sp³-hybridized carbons (Fsp3) is 0.222. The molecule has 1 aliphatic rings. The molecule has 0 aliphatic carbocycles. The third-order valence-corrected chi connectivity index (χ3v) is 4.00. The van der Waals surface area contributed by atoms with Gasteiger partial charge < -0.3 is 18.8 Å².